The molecule has 0 spiro atoms. The molecule has 1 unspecified atom stereocenters. The van der Waals surface area contributed by atoms with Gasteiger partial charge in [0.2, 0.25) is 0 Å². The Hall–Kier alpha value is -0.650. The lowest BCUT2D eigenvalue weighted by molar-refractivity contribution is 0.182. The van der Waals surface area contributed by atoms with E-state index in [-0.39, 0.29) is 6.54 Å². The van der Waals surface area contributed by atoms with Crippen LogP contribution in [0.3, 0.4) is 0 Å². The average molecular weight is 174 g/mol. The Kier molecular flexibility index (Phi) is 2.81. The van der Waals surface area contributed by atoms with Crippen LogP contribution in [-0.2, 0) is 0 Å². The molecule has 3 N–H and O–H groups in total. The van der Waals surface area contributed by atoms with E-state index in [4.69, 9.17) is 10.5 Å². The summed E-state index contributed by atoms with van der Waals surface area (Å²) in [5, 5.41) is 11.5. The zero-order valence-corrected chi connectivity index (χ0v) is 6.97. The topological polar surface area (TPSA) is 68.4 Å². The quantitative estimate of drug-likeness (QED) is 0.684. The smallest absolute Gasteiger partial charge is 0.273 e. The van der Waals surface area contributed by atoms with Gasteiger partial charge in [-0.05, 0) is 0 Å². The summed E-state index contributed by atoms with van der Waals surface area (Å²) in [7, 11) is 1.54. The molecule has 0 radical (unpaired) electrons. The van der Waals surface area contributed by atoms with Crippen molar-refractivity contribution in [2.45, 2.75) is 6.10 Å². The number of hydrogen-bond acceptors (Lipinski definition) is 5. The highest BCUT2D eigenvalue weighted by Gasteiger charge is 2.09. The molecule has 0 saturated heterocycles. The highest BCUT2D eigenvalue weighted by atomic mass is 32.1. The number of rotatable bonds is 3. The number of aliphatic hydroxyl groups is 1. The maximum absolute atomic E-state index is 9.20. The third-order valence-electron chi connectivity index (χ3n) is 1.24. The van der Waals surface area contributed by atoms with Crippen molar-refractivity contribution in [3.05, 3.63) is 11.1 Å². The van der Waals surface area contributed by atoms with Crippen LogP contribution in [0, 0.1) is 0 Å². The van der Waals surface area contributed by atoms with E-state index in [1.54, 1.807) is 5.38 Å². The summed E-state index contributed by atoms with van der Waals surface area (Å²) in [4.78, 5) is 3.97. The molecular formula is C6H10N2O2S. The third kappa shape index (κ3) is 1.89. The minimum absolute atomic E-state index is 0.187. The monoisotopic (exact) mass is 174 g/mol. The van der Waals surface area contributed by atoms with E-state index in [1.165, 1.54) is 18.4 Å². The first kappa shape index (κ1) is 8.45. The molecule has 0 fully saturated rings. The molecule has 0 aromatic carbocycles. The number of nitrogens with zero attached hydrogens (tertiary/aromatic N) is 1. The van der Waals surface area contributed by atoms with Crippen molar-refractivity contribution >= 4 is 11.3 Å². The minimum atomic E-state index is -0.671. The second kappa shape index (κ2) is 3.66. The van der Waals surface area contributed by atoms with Crippen LogP contribution in [0.4, 0.5) is 0 Å². The van der Waals surface area contributed by atoms with Crippen molar-refractivity contribution in [2.24, 2.45) is 5.73 Å². The predicted molar refractivity (Wildman–Crippen MR) is 42.7 cm³/mol. The van der Waals surface area contributed by atoms with Gasteiger partial charge in [0, 0.05) is 11.9 Å². The first-order chi connectivity index (χ1) is 5.27. The van der Waals surface area contributed by atoms with Gasteiger partial charge in [-0.2, -0.15) is 0 Å². The van der Waals surface area contributed by atoms with Crippen LogP contribution in [0.15, 0.2) is 5.38 Å². The fourth-order valence-electron chi connectivity index (χ4n) is 0.636. The Morgan fingerprint density at radius 2 is 2.64 bits per heavy atom. The van der Waals surface area contributed by atoms with Crippen LogP contribution >= 0.6 is 11.3 Å². The van der Waals surface area contributed by atoms with Gasteiger partial charge in [-0.3, -0.25) is 0 Å². The van der Waals surface area contributed by atoms with Crippen LogP contribution < -0.4 is 10.5 Å². The standard InChI is InChI=1S/C6H10N2O2S/c1-10-6-8-4(3-11-6)5(9)2-7/h3,5,9H,2,7H2,1H3. The maximum atomic E-state index is 9.20. The van der Waals surface area contributed by atoms with Crippen molar-refractivity contribution in [3.63, 3.8) is 0 Å². The summed E-state index contributed by atoms with van der Waals surface area (Å²) in [5.74, 6) is 0. The lowest BCUT2D eigenvalue weighted by atomic mass is 10.3. The first-order valence-corrected chi connectivity index (χ1v) is 4.03. The maximum Gasteiger partial charge on any atom is 0.273 e. The third-order valence-corrected chi connectivity index (χ3v) is 2.06. The summed E-state index contributed by atoms with van der Waals surface area (Å²) in [6, 6.07) is 0. The molecule has 1 aromatic rings. The Morgan fingerprint density at radius 1 is 1.91 bits per heavy atom. The molecule has 1 heterocycles. The van der Waals surface area contributed by atoms with E-state index < -0.39 is 6.10 Å². The zero-order chi connectivity index (χ0) is 8.27. The summed E-state index contributed by atoms with van der Waals surface area (Å²) in [6.07, 6.45) is -0.671. The number of methoxy groups -OCH3 is 1. The van der Waals surface area contributed by atoms with Crippen LogP contribution in [-0.4, -0.2) is 23.7 Å². The van der Waals surface area contributed by atoms with Crippen LogP contribution in [0.2, 0.25) is 0 Å². The summed E-state index contributed by atoms with van der Waals surface area (Å²) < 4.78 is 4.84. The molecule has 0 aliphatic rings. The molecule has 0 saturated carbocycles. The van der Waals surface area contributed by atoms with Gasteiger partial charge in [-0.1, -0.05) is 11.3 Å². The van der Waals surface area contributed by atoms with Crippen molar-refractivity contribution in [3.8, 4) is 5.19 Å². The van der Waals surface area contributed by atoms with Gasteiger partial charge in [0.1, 0.15) is 6.10 Å². The zero-order valence-electron chi connectivity index (χ0n) is 6.15. The van der Waals surface area contributed by atoms with Crippen LogP contribution in [0.5, 0.6) is 5.19 Å². The van der Waals surface area contributed by atoms with E-state index in [0.29, 0.717) is 10.9 Å². The average Bonchev–Trinajstić information content (AvgIpc) is 2.50. The van der Waals surface area contributed by atoms with Gasteiger partial charge < -0.3 is 15.6 Å². The van der Waals surface area contributed by atoms with Crippen molar-refractivity contribution in [1.82, 2.24) is 4.98 Å². The van der Waals surface area contributed by atoms with Crippen LogP contribution in [0.25, 0.3) is 0 Å². The molecule has 4 nitrogen and oxygen atoms in total. The fraction of sp³-hybridized carbons (Fsp3) is 0.500. The minimum Gasteiger partial charge on any atom is -0.473 e. The molecule has 1 aromatic heterocycles. The Morgan fingerprint density at radius 3 is 3.09 bits per heavy atom. The summed E-state index contributed by atoms with van der Waals surface area (Å²) >= 11 is 1.34. The van der Waals surface area contributed by atoms with Gasteiger partial charge in [0.05, 0.1) is 12.8 Å². The number of aromatic nitrogens is 1. The molecule has 1 atom stereocenters. The fourth-order valence-corrected chi connectivity index (χ4v) is 1.32. The molecule has 0 amide bonds. The van der Waals surface area contributed by atoms with Gasteiger partial charge in [-0.25, -0.2) is 4.98 Å². The Balaban J connectivity index is 2.71. The van der Waals surface area contributed by atoms with Crippen molar-refractivity contribution in [2.75, 3.05) is 13.7 Å². The molecule has 0 aliphatic carbocycles. The van der Waals surface area contributed by atoms with Gasteiger partial charge >= 0.3 is 0 Å². The van der Waals surface area contributed by atoms with Crippen molar-refractivity contribution in [1.29, 1.82) is 0 Å². The van der Waals surface area contributed by atoms with Gasteiger partial charge in [0.15, 0.2) is 0 Å². The van der Waals surface area contributed by atoms with Gasteiger partial charge in [-0.15, -0.1) is 0 Å². The Labute approximate surface area is 68.6 Å². The van der Waals surface area contributed by atoms with Crippen LogP contribution in [0.1, 0.15) is 11.8 Å². The summed E-state index contributed by atoms with van der Waals surface area (Å²) in [6.45, 7) is 0.187. The van der Waals surface area contributed by atoms with E-state index in [0.717, 1.165) is 0 Å². The highest BCUT2D eigenvalue weighted by Crippen LogP contribution is 2.21. The van der Waals surface area contributed by atoms with E-state index in [1.807, 2.05) is 0 Å². The number of thiazole rings is 1. The normalized spacial score (nSPS) is 13.0. The number of ether oxygens (including phenoxy) is 1. The largest absolute Gasteiger partial charge is 0.473 e. The number of nitrogens with two attached hydrogens (primary N) is 1. The number of hydrogen-bond donors (Lipinski definition) is 2. The molecule has 11 heavy (non-hydrogen) atoms. The molecule has 5 heteroatoms. The first-order valence-electron chi connectivity index (χ1n) is 3.15. The SMILES string of the molecule is COc1nc(C(O)CN)cs1. The van der Waals surface area contributed by atoms with Gasteiger partial charge in [0.25, 0.3) is 5.19 Å². The Bertz CT molecular complexity index is 226. The number of aliphatic hydroxyl groups excluding tert-OH is 1. The van der Waals surface area contributed by atoms with E-state index in [2.05, 4.69) is 4.98 Å². The molecular weight excluding hydrogens is 164 g/mol. The second-order valence-corrected chi connectivity index (χ2v) is 2.81. The van der Waals surface area contributed by atoms with E-state index >= 15 is 0 Å². The molecule has 1 rings (SSSR count). The molecule has 62 valence electrons. The highest BCUT2D eigenvalue weighted by molar-refractivity contribution is 7.11. The van der Waals surface area contributed by atoms with Crippen molar-refractivity contribution < 1.29 is 9.84 Å². The van der Waals surface area contributed by atoms with E-state index in [9.17, 15) is 5.11 Å². The lowest BCUT2D eigenvalue weighted by Gasteiger charge is -2.00. The lowest BCUT2D eigenvalue weighted by Crippen LogP contribution is -2.11. The molecule has 0 aliphatic heterocycles. The summed E-state index contributed by atoms with van der Waals surface area (Å²) in [5.41, 5.74) is 5.81. The predicted octanol–water partition coefficient (Wildman–Crippen LogP) is 0.144. The second-order valence-electron chi connectivity index (χ2n) is 1.99. The molecule has 0 bridgehead atoms.